The molecule has 0 bridgehead atoms. The number of esters is 1. The molecule has 4 N–H and O–H groups in total. The number of nitrogens with one attached hydrogen (secondary N) is 1. The molecule has 1 aliphatic heterocycles. The summed E-state index contributed by atoms with van der Waals surface area (Å²) in [6.07, 6.45) is -0.504. The first kappa shape index (κ1) is 24.1. The highest BCUT2D eigenvalue weighted by atomic mass is 32.3. The first-order valence-corrected chi connectivity index (χ1v) is 12.3. The number of hydrogen-bond acceptors (Lipinski definition) is 8. The molecular formula is C25H28N2O6S. The SMILES string of the molecule is CC(=O)OCc1ccccc1Cc1ccc(N2CC(O)NS2(O)O)c(OCc2ccccc2)c1. The molecule has 34 heavy (non-hydrogen) atoms. The van der Waals surface area contributed by atoms with Crippen molar-refractivity contribution in [2.24, 2.45) is 0 Å². The van der Waals surface area contributed by atoms with Gasteiger partial charge in [0.2, 0.25) is 0 Å². The summed E-state index contributed by atoms with van der Waals surface area (Å²) in [6, 6.07) is 22.9. The van der Waals surface area contributed by atoms with Crippen LogP contribution in [-0.4, -0.2) is 33.0 Å². The zero-order chi connectivity index (χ0) is 24.1. The average Bonchev–Trinajstić information content (AvgIpc) is 3.09. The Morgan fingerprint density at radius 2 is 1.71 bits per heavy atom. The van der Waals surface area contributed by atoms with Gasteiger partial charge < -0.3 is 14.6 Å². The highest BCUT2D eigenvalue weighted by molar-refractivity contribution is 8.24. The van der Waals surface area contributed by atoms with Crippen LogP contribution in [0.25, 0.3) is 0 Å². The maximum Gasteiger partial charge on any atom is 0.302 e. The summed E-state index contributed by atoms with van der Waals surface area (Å²) in [4.78, 5) is 11.3. The fourth-order valence-electron chi connectivity index (χ4n) is 3.78. The molecule has 9 heteroatoms. The van der Waals surface area contributed by atoms with Crippen LogP contribution in [0.3, 0.4) is 0 Å². The molecule has 3 aromatic carbocycles. The van der Waals surface area contributed by atoms with E-state index in [9.17, 15) is 19.0 Å². The van der Waals surface area contributed by atoms with Crippen molar-refractivity contribution in [1.29, 1.82) is 0 Å². The molecule has 1 fully saturated rings. The minimum absolute atomic E-state index is 0.00853. The predicted octanol–water partition coefficient (Wildman–Crippen LogP) is 4.23. The second-order valence-electron chi connectivity index (χ2n) is 8.02. The summed E-state index contributed by atoms with van der Waals surface area (Å²) < 4.78 is 35.9. The molecule has 0 amide bonds. The smallest absolute Gasteiger partial charge is 0.302 e. The Morgan fingerprint density at radius 1 is 1.00 bits per heavy atom. The number of rotatable bonds is 8. The van der Waals surface area contributed by atoms with E-state index in [2.05, 4.69) is 4.72 Å². The molecule has 1 atom stereocenters. The van der Waals surface area contributed by atoms with Gasteiger partial charge in [-0.2, -0.15) is 4.72 Å². The van der Waals surface area contributed by atoms with Crippen LogP contribution in [0.1, 0.15) is 29.2 Å². The molecule has 0 aliphatic carbocycles. The van der Waals surface area contributed by atoms with Gasteiger partial charge in [-0.15, -0.1) is 0 Å². The van der Waals surface area contributed by atoms with Gasteiger partial charge in [-0.05, 0) is 40.8 Å². The Morgan fingerprint density at radius 3 is 2.38 bits per heavy atom. The maximum absolute atomic E-state index is 11.3. The second-order valence-corrected chi connectivity index (χ2v) is 9.73. The maximum atomic E-state index is 11.3. The van der Waals surface area contributed by atoms with Crippen molar-refractivity contribution >= 4 is 22.6 Å². The second kappa shape index (κ2) is 10.5. The number of aliphatic hydroxyl groups is 1. The summed E-state index contributed by atoms with van der Waals surface area (Å²) in [5.41, 5.74) is 4.29. The van der Waals surface area contributed by atoms with E-state index >= 15 is 0 Å². The van der Waals surface area contributed by atoms with Crippen LogP contribution in [0.15, 0.2) is 72.8 Å². The first-order chi connectivity index (χ1) is 16.3. The zero-order valence-electron chi connectivity index (χ0n) is 18.8. The average molecular weight is 485 g/mol. The molecule has 180 valence electrons. The van der Waals surface area contributed by atoms with E-state index in [1.54, 1.807) is 6.07 Å². The molecular weight excluding hydrogens is 456 g/mol. The van der Waals surface area contributed by atoms with Crippen molar-refractivity contribution in [3.05, 3.63) is 95.1 Å². The number of nitrogens with zero attached hydrogens (tertiary/aromatic N) is 1. The van der Waals surface area contributed by atoms with Crippen LogP contribution >= 0.6 is 11.0 Å². The Bertz CT molecular complexity index is 1140. The summed E-state index contributed by atoms with van der Waals surface area (Å²) in [6.45, 7) is 1.88. The highest BCUT2D eigenvalue weighted by Gasteiger charge is 2.36. The lowest BCUT2D eigenvalue weighted by Gasteiger charge is -2.37. The fraction of sp³-hybridized carbons (Fsp3) is 0.240. The van der Waals surface area contributed by atoms with Gasteiger partial charge in [-0.25, -0.2) is 0 Å². The van der Waals surface area contributed by atoms with E-state index in [4.69, 9.17) is 9.47 Å². The molecule has 3 aromatic rings. The molecule has 0 aromatic heterocycles. The number of benzene rings is 3. The lowest BCUT2D eigenvalue weighted by atomic mass is 9.99. The van der Waals surface area contributed by atoms with E-state index in [1.807, 2.05) is 66.7 Å². The Kier molecular flexibility index (Phi) is 7.40. The minimum Gasteiger partial charge on any atom is -0.487 e. The third-order valence-corrected chi connectivity index (χ3v) is 6.96. The molecule has 1 saturated heterocycles. The van der Waals surface area contributed by atoms with Crippen molar-refractivity contribution in [3.8, 4) is 5.75 Å². The van der Waals surface area contributed by atoms with Gasteiger partial charge in [0, 0.05) is 6.92 Å². The monoisotopic (exact) mass is 484 g/mol. The van der Waals surface area contributed by atoms with E-state index in [1.165, 1.54) is 11.2 Å². The number of anilines is 1. The van der Waals surface area contributed by atoms with Crippen LogP contribution in [-0.2, 0) is 29.2 Å². The van der Waals surface area contributed by atoms with Gasteiger partial charge in [0.25, 0.3) is 0 Å². The third-order valence-electron chi connectivity index (χ3n) is 5.41. The molecule has 1 heterocycles. The quantitative estimate of drug-likeness (QED) is 0.352. The van der Waals surface area contributed by atoms with Crippen molar-refractivity contribution in [2.75, 3.05) is 10.8 Å². The Labute approximate surface area is 200 Å². The first-order valence-electron chi connectivity index (χ1n) is 10.8. The summed E-state index contributed by atoms with van der Waals surface area (Å²) >= 11 is 0. The summed E-state index contributed by atoms with van der Waals surface area (Å²) in [5.74, 6) is 0.130. The van der Waals surface area contributed by atoms with Crippen LogP contribution in [0.4, 0.5) is 5.69 Å². The summed E-state index contributed by atoms with van der Waals surface area (Å²) in [7, 11) is -3.38. The number of hydrogen-bond donors (Lipinski definition) is 4. The highest BCUT2D eigenvalue weighted by Crippen LogP contribution is 2.49. The van der Waals surface area contributed by atoms with Crippen LogP contribution in [0, 0.1) is 0 Å². The molecule has 1 aliphatic rings. The van der Waals surface area contributed by atoms with Crippen LogP contribution in [0.5, 0.6) is 5.75 Å². The lowest BCUT2D eigenvalue weighted by molar-refractivity contribution is -0.142. The van der Waals surface area contributed by atoms with Gasteiger partial charge in [0.15, 0.2) is 0 Å². The fourth-order valence-corrected chi connectivity index (χ4v) is 5.12. The number of carbonyl (C=O) groups is 1. The zero-order valence-corrected chi connectivity index (χ0v) is 19.6. The Balaban J connectivity index is 1.63. The van der Waals surface area contributed by atoms with Crippen molar-refractivity contribution in [1.82, 2.24) is 4.72 Å². The normalized spacial score (nSPS) is 17.9. The molecule has 1 unspecified atom stereocenters. The molecule has 0 spiro atoms. The van der Waals surface area contributed by atoms with Gasteiger partial charge in [-0.1, -0.05) is 71.6 Å². The third kappa shape index (κ3) is 5.88. The van der Waals surface area contributed by atoms with E-state index < -0.39 is 17.2 Å². The molecule has 0 saturated carbocycles. The summed E-state index contributed by atoms with van der Waals surface area (Å²) in [5, 5.41) is 9.94. The van der Waals surface area contributed by atoms with Gasteiger partial charge in [-0.3, -0.25) is 18.2 Å². The van der Waals surface area contributed by atoms with Crippen molar-refractivity contribution in [2.45, 2.75) is 32.8 Å². The van der Waals surface area contributed by atoms with Crippen LogP contribution < -0.4 is 13.8 Å². The number of ether oxygens (including phenoxy) is 2. The molecule has 8 nitrogen and oxygen atoms in total. The van der Waals surface area contributed by atoms with Crippen LogP contribution in [0.2, 0.25) is 0 Å². The van der Waals surface area contributed by atoms with Gasteiger partial charge >= 0.3 is 5.97 Å². The topological polar surface area (TPSA) is 111 Å². The van der Waals surface area contributed by atoms with E-state index in [0.717, 1.165) is 22.3 Å². The van der Waals surface area contributed by atoms with Crippen molar-refractivity contribution in [3.63, 3.8) is 0 Å². The van der Waals surface area contributed by atoms with Gasteiger partial charge in [0.1, 0.15) is 30.9 Å². The predicted molar refractivity (Wildman–Crippen MR) is 131 cm³/mol. The number of carbonyl (C=O) groups excluding carboxylic acids is 1. The molecule has 4 rings (SSSR count). The van der Waals surface area contributed by atoms with E-state index in [-0.39, 0.29) is 19.1 Å². The lowest BCUT2D eigenvalue weighted by Crippen LogP contribution is -2.26. The molecule has 0 radical (unpaired) electrons. The standard InChI is InChI=1S/C25H28N2O6S/c1-18(28)32-17-22-10-6-5-9-21(22)13-20-11-12-23(27-15-25(29)26-34(27,30)31)24(14-20)33-16-19-7-3-2-4-8-19/h2-12,14,25-26,29-31H,13,15-17H2,1H3. The van der Waals surface area contributed by atoms with Crippen molar-refractivity contribution < 1.29 is 28.5 Å². The van der Waals surface area contributed by atoms with E-state index in [0.29, 0.717) is 24.5 Å². The number of β-amino-alcohol motifs (C(OH)–C–C–N with tert-alkyl or cyclic N) is 1. The largest absolute Gasteiger partial charge is 0.487 e. The Hall–Kier alpha value is -3.08. The minimum atomic E-state index is -3.38. The number of aliphatic hydroxyl groups excluding tert-OH is 1. The van der Waals surface area contributed by atoms with Gasteiger partial charge in [0.05, 0.1) is 6.54 Å².